The van der Waals surface area contributed by atoms with Crippen LogP contribution in [0.2, 0.25) is 0 Å². The second kappa shape index (κ2) is 9.20. The lowest BCUT2D eigenvalue weighted by Crippen LogP contribution is -2.17. The second-order valence-electron chi connectivity index (χ2n) is 5.95. The minimum atomic E-state index is -0.321. The summed E-state index contributed by atoms with van der Waals surface area (Å²) < 4.78 is 15.9. The number of carbonyl (C=O) groups excluding carboxylic acids is 1. The van der Waals surface area contributed by atoms with Crippen molar-refractivity contribution >= 4 is 23.5 Å². The van der Waals surface area contributed by atoms with E-state index in [1.807, 2.05) is 30.3 Å². The van der Waals surface area contributed by atoms with Gasteiger partial charge in [-0.15, -0.1) is 11.3 Å². The Labute approximate surface area is 173 Å². The molecule has 1 amide bonds. The van der Waals surface area contributed by atoms with Crippen molar-refractivity contribution in [3.05, 3.63) is 58.6 Å². The Hall–Kier alpha value is -3.39. The first-order chi connectivity index (χ1) is 14.1. The van der Waals surface area contributed by atoms with E-state index in [0.29, 0.717) is 33.4 Å². The quantitative estimate of drug-likeness (QED) is 0.471. The summed E-state index contributed by atoms with van der Waals surface area (Å²) in [5.41, 5.74) is 4.81. The fourth-order valence-corrected chi connectivity index (χ4v) is 3.64. The third kappa shape index (κ3) is 4.55. The number of hydrogen-bond acceptors (Lipinski definition) is 7. The van der Waals surface area contributed by atoms with Gasteiger partial charge in [0.05, 0.1) is 33.2 Å². The molecule has 0 spiro atoms. The van der Waals surface area contributed by atoms with Gasteiger partial charge in [-0.25, -0.2) is 10.4 Å². The average Bonchev–Trinajstić information content (AvgIpc) is 3.15. The van der Waals surface area contributed by atoms with Crippen LogP contribution in [0, 0.1) is 6.92 Å². The summed E-state index contributed by atoms with van der Waals surface area (Å²) in [4.78, 5) is 17.6. The Kier molecular flexibility index (Phi) is 6.46. The Morgan fingerprint density at radius 1 is 1.03 bits per heavy atom. The van der Waals surface area contributed by atoms with E-state index in [4.69, 9.17) is 14.2 Å². The van der Waals surface area contributed by atoms with Crippen LogP contribution in [0.1, 0.15) is 20.9 Å². The first-order valence-corrected chi connectivity index (χ1v) is 9.55. The lowest BCUT2D eigenvalue weighted by atomic mass is 10.2. The van der Waals surface area contributed by atoms with Crippen molar-refractivity contribution in [3.63, 3.8) is 0 Å². The summed E-state index contributed by atoms with van der Waals surface area (Å²) in [5, 5.41) is 4.85. The van der Waals surface area contributed by atoms with Gasteiger partial charge >= 0.3 is 0 Å². The van der Waals surface area contributed by atoms with E-state index in [-0.39, 0.29) is 5.91 Å². The number of nitrogens with zero attached hydrogens (tertiary/aromatic N) is 2. The van der Waals surface area contributed by atoms with E-state index in [9.17, 15) is 4.79 Å². The van der Waals surface area contributed by atoms with Gasteiger partial charge in [0.25, 0.3) is 5.91 Å². The molecule has 8 heteroatoms. The number of benzene rings is 2. The highest BCUT2D eigenvalue weighted by Gasteiger charge is 2.16. The zero-order valence-electron chi connectivity index (χ0n) is 16.6. The molecule has 1 aromatic heterocycles. The molecule has 0 bridgehead atoms. The molecule has 1 heterocycles. The van der Waals surface area contributed by atoms with Crippen LogP contribution in [0.5, 0.6) is 17.2 Å². The number of aryl methyl sites for hydroxylation is 1. The minimum Gasteiger partial charge on any atom is -0.496 e. The molecular weight excluding hydrogens is 390 g/mol. The Morgan fingerprint density at radius 3 is 2.34 bits per heavy atom. The summed E-state index contributed by atoms with van der Waals surface area (Å²) in [5.74, 6) is 1.30. The standard InChI is InChI=1S/C21H21N3O4S/c1-13-19(29-21(23-13)14-8-6-5-7-9-14)20(25)24-22-12-15-10-17(27-3)18(28-4)11-16(15)26-2/h5-12H,1-4H3,(H,24,25)/b22-12+. The van der Waals surface area contributed by atoms with Gasteiger partial charge in [0.15, 0.2) is 11.5 Å². The highest BCUT2D eigenvalue weighted by atomic mass is 32.1. The zero-order valence-corrected chi connectivity index (χ0v) is 17.4. The highest BCUT2D eigenvalue weighted by molar-refractivity contribution is 7.17. The Bertz CT molecular complexity index is 1030. The van der Waals surface area contributed by atoms with Crippen LogP contribution < -0.4 is 19.6 Å². The van der Waals surface area contributed by atoms with Crippen LogP contribution in [-0.4, -0.2) is 38.4 Å². The number of rotatable bonds is 7. The van der Waals surface area contributed by atoms with Crippen LogP contribution in [0.15, 0.2) is 47.6 Å². The zero-order chi connectivity index (χ0) is 20.8. The van der Waals surface area contributed by atoms with E-state index in [2.05, 4.69) is 15.5 Å². The van der Waals surface area contributed by atoms with Crippen molar-refractivity contribution in [1.82, 2.24) is 10.4 Å². The number of aromatic nitrogens is 1. The molecule has 3 aromatic rings. The molecule has 7 nitrogen and oxygen atoms in total. The largest absolute Gasteiger partial charge is 0.496 e. The first-order valence-electron chi connectivity index (χ1n) is 8.73. The van der Waals surface area contributed by atoms with Crippen LogP contribution >= 0.6 is 11.3 Å². The number of nitrogens with one attached hydrogen (secondary N) is 1. The molecule has 0 aliphatic heterocycles. The maximum absolute atomic E-state index is 12.5. The van der Waals surface area contributed by atoms with Crippen LogP contribution in [-0.2, 0) is 0 Å². The van der Waals surface area contributed by atoms with E-state index >= 15 is 0 Å². The number of hydrazone groups is 1. The third-order valence-corrected chi connectivity index (χ3v) is 5.33. The second-order valence-corrected chi connectivity index (χ2v) is 6.95. The highest BCUT2D eigenvalue weighted by Crippen LogP contribution is 2.33. The summed E-state index contributed by atoms with van der Waals surface area (Å²) >= 11 is 1.33. The van der Waals surface area contributed by atoms with E-state index < -0.39 is 0 Å². The third-order valence-electron chi connectivity index (χ3n) is 4.13. The molecule has 2 aromatic carbocycles. The normalized spacial score (nSPS) is 10.8. The summed E-state index contributed by atoms with van der Waals surface area (Å²) in [6.07, 6.45) is 1.49. The molecule has 0 fully saturated rings. The summed E-state index contributed by atoms with van der Waals surface area (Å²) in [6, 6.07) is 13.1. The van der Waals surface area contributed by atoms with E-state index in [0.717, 1.165) is 10.6 Å². The molecule has 0 unspecified atom stereocenters. The van der Waals surface area contributed by atoms with Gasteiger partial charge < -0.3 is 14.2 Å². The van der Waals surface area contributed by atoms with Gasteiger partial charge in [-0.1, -0.05) is 30.3 Å². The van der Waals surface area contributed by atoms with Crippen LogP contribution in [0.4, 0.5) is 0 Å². The molecule has 150 valence electrons. The van der Waals surface area contributed by atoms with Crippen LogP contribution in [0.25, 0.3) is 10.6 Å². The monoisotopic (exact) mass is 411 g/mol. The number of methoxy groups -OCH3 is 3. The lowest BCUT2D eigenvalue weighted by Gasteiger charge is -2.11. The molecule has 0 saturated carbocycles. The van der Waals surface area contributed by atoms with Gasteiger partial charge in [-0.05, 0) is 13.0 Å². The van der Waals surface area contributed by atoms with Crippen molar-refractivity contribution in [2.45, 2.75) is 6.92 Å². The van der Waals surface area contributed by atoms with E-state index in [1.165, 1.54) is 17.6 Å². The molecule has 0 aliphatic carbocycles. The van der Waals surface area contributed by atoms with Gasteiger partial charge in [-0.2, -0.15) is 5.10 Å². The Morgan fingerprint density at radius 2 is 1.69 bits per heavy atom. The molecule has 0 saturated heterocycles. The first kappa shape index (κ1) is 20.3. The van der Waals surface area contributed by atoms with Crippen molar-refractivity contribution in [2.75, 3.05) is 21.3 Å². The predicted molar refractivity (Wildman–Crippen MR) is 113 cm³/mol. The Balaban J connectivity index is 1.77. The molecular formula is C21H21N3O4S. The van der Waals surface area contributed by atoms with Crippen molar-refractivity contribution in [1.29, 1.82) is 0 Å². The SMILES string of the molecule is COc1cc(OC)c(OC)cc1/C=N/NC(=O)c1sc(-c2ccccc2)nc1C. The lowest BCUT2D eigenvalue weighted by molar-refractivity contribution is 0.0958. The summed E-state index contributed by atoms with van der Waals surface area (Å²) in [7, 11) is 4.64. The number of carbonyl (C=O) groups is 1. The van der Waals surface area contributed by atoms with Gasteiger partial charge in [-0.3, -0.25) is 4.79 Å². The van der Waals surface area contributed by atoms with Gasteiger partial charge in [0.2, 0.25) is 0 Å². The smallest absolute Gasteiger partial charge is 0.283 e. The predicted octanol–water partition coefficient (Wildman–Crippen LogP) is 3.91. The number of thiazole rings is 1. The van der Waals surface area contributed by atoms with Crippen molar-refractivity contribution < 1.29 is 19.0 Å². The number of hydrogen-bond donors (Lipinski definition) is 1. The van der Waals surface area contributed by atoms with Crippen molar-refractivity contribution in [3.8, 4) is 27.8 Å². The average molecular weight is 411 g/mol. The van der Waals surface area contributed by atoms with Crippen LogP contribution in [0.3, 0.4) is 0 Å². The van der Waals surface area contributed by atoms with Gasteiger partial charge in [0, 0.05) is 17.2 Å². The topological polar surface area (TPSA) is 82.0 Å². The van der Waals surface area contributed by atoms with Gasteiger partial charge in [0.1, 0.15) is 15.6 Å². The maximum Gasteiger partial charge on any atom is 0.283 e. The molecule has 29 heavy (non-hydrogen) atoms. The van der Waals surface area contributed by atoms with Crippen molar-refractivity contribution in [2.24, 2.45) is 5.10 Å². The summed E-state index contributed by atoms with van der Waals surface area (Å²) in [6.45, 7) is 1.80. The molecule has 0 atom stereocenters. The fraction of sp³-hybridized carbons (Fsp3) is 0.190. The molecule has 0 radical (unpaired) electrons. The number of amides is 1. The maximum atomic E-state index is 12.5. The van der Waals surface area contributed by atoms with E-state index in [1.54, 1.807) is 40.4 Å². The molecule has 0 aliphatic rings. The number of ether oxygens (including phenoxy) is 3. The molecule has 3 rings (SSSR count). The fourth-order valence-electron chi connectivity index (χ4n) is 2.68. The minimum absolute atomic E-state index is 0.321. The molecule has 1 N–H and O–H groups in total.